The number of ether oxygens (including phenoxy) is 1. The van der Waals surface area contributed by atoms with E-state index in [1.165, 1.54) is 0 Å². The number of likely N-dealkylation sites (tertiary alicyclic amines) is 1. The van der Waals surface area contributed by atoms with E-state index in [-0.39, 0.29) is 36.7 Å². The van der Waals surface area contributed by atoms with Gasteiger partial charge in [-0.2, -0.15) is 0 Å². The molecule has 4 rings (SSSR count). The number of hydrogen-bond acceptors (Lipinski definition) is 4. The molecule has 2 atom stereocenters. The maximum Gasteiger partial charge on any atom is 0.407 e. The molecule has 0 spiro atoms. The molecule has 1 heterocycles. The van der Waals surface area contributed by atoms with Crippen LogP contribution in [0.25, 0.3) is 11.1 Å². The Bertz CT molecular complexity index is 1000. The largest absolute Gasteiger partial charge is 0.481 e. The first kappa shape index (κ1) is 22.8. The third kappa shape index (κ3) is 4.72. The SMILES string of the molecule is CCC(C)C(NC(=O)OCC1c2ccccc2-c2ccccc21)C(=O)N1CC(CC(=O)O)C1. The van der Waals surface area contributed by atoms with Gasteiger partial charge in [-0.3, -0.25) is 9.59 Å². The van der Waals surface area contributed by atoms with Gasteiger partial charge in [-0.05, 0) is 28.2 Å². The maximum absolute atomic E-state index is 13.0. The summed E-state index contributed by atoms with van der Waals surface area (Å²) >= 11 is 0. The molecule has 2 unspecified atom stereocenters. The lowest BCUT2D eigenvalue weighted by Gasteiger charge is -2.41. The Hall–Kier alpha value is -3.35. The molecular weight excluding hydrogens is 420 g/mol. The third-order valence-corrected chi connectivity index (χ3v) is 6.83. The first-order chi connectivity index (χ1) is 15.9. The van der Waals surface area contributed by atoms with E-state index in [9.17, 15) is 14.4 Å². The van der Waals surface area contributed by atoms with Crippen LogP contribution in [0.4, 0.5) is 4.79 Å². The van der Waals surface area contributed by atoms with Crippen molar-refractivity contribution in [3.8, 4) is 11.1 Å². The van der Waals surface area contributed by atoms with Gasteiger partial charge in [0.1, 0.15) is 12.6 Å². The third-order valence-electron chi connectivity index (χ3n) is 6.83. The van der Waals surface area contributed by atoms with Crippen molar-refractivity contribution in [2.75, 3.05) is 19.7 Å². The van der Waals surface area contributed by atoms with Crippen LogP contribution in [0.15, 0.2) is 48.5 Å². The molecule has 7 nitrogen and oxygen atoms in total. The Morgan fingerprint density at radius 1 is 1.06 bits per heavy atom. The van der Waals surface area contributed by atoms with Gasteiger partial charge in [0.15, 0.2) is 0 Å². The highest BCUT2D eigenvalue weighted by Crippen LogP contribution is 2.44. The number of amides is 2. The number of benzene rings is 2. The quantitative estimate of drug-likeness (QED) is 0.637. The van der Waals surface area contributed by atoms with Crippen molar-refractivity contribution in [2.45, 2.75) is 38.6 Å². The van der Waals surface area contributed by atoms with Crippen LogP contribution < -0.4 is 5.32 Å². The van der Waals surface area contributed by atoms with Gasteiger partial charge in [0.2, 0.25) is 5.91 Å². The number of hydrogen-bond donors (Lipinski definition) is 2. The summed E-state index contributed by atoms with van der Waals surface area (Å²) in [7, 11) is 0. The van der Waals surface area contributed by atoms with Gasteiger partial charge in [0.25, 0.3) is 0 Å². The number of fused-ring (bicyclic) bond motifs is 3. The number of nitrogens with one attached hydrogen (secondary N) is 1. The molecule has 2 aromatic carbocycles. The van der Waals surface area contributed by atoms with Crippen LogP contribution in [0.5, 0.6) is 0 Å². The molecule has 0 aromatic heterocycles. The summed E-state index contributed by atoms with van der Waals surface area (Å²) in [5.41, 5.74) is 4.57. The predicted molar refractivity (Wildman–Crippen MR) is 124 cm³/mol. The summed E-state index contributed by atoms with van der Waals surface area (Å²) in [6, 6.07) is 15.6. The summed E-state index contributed by atoms with van der Waals surface area (Å²) in [4.78, 5) is 38.2. The van der Waals surface area contributed by atoms with Crippen molar-refractivity contribution < 1.29 is 24.2 Å². The molecule has 0 bridgehead atoms. The molecule has 1 fully saturated rings. The molecule has 2 aliphatic rings. The van der Waals surface area contributed by atoms with Crippen molar-refractivity contribution in [3.05, 3.63) is 59.7 Å². The molecule has 1 aliphatic carbocycles. The van der Waals surface area contributed by atoms with Gasteiger partial charge in [-0.25, -0.2) is 4.79 Å². The molecule has 2 amide bonds. The van der Waals surface area contributed by atoms with E-state index in [2.05, 4.69) is 29.6 Å². The van der Waals surface area contributed by atoms with E-state index in [4.69, 9.17) is 9.84 Å². The smallest absolute Gasteiger partial charge is 0.407 e. The van der Waals surface area contributed by atoms with Crippen LogP contribution >= 0.6 is 0 Å². The van der Waals surface area contributed by atoms with E-state index in [1.807, 2.05) is 38.1 Å². The van der Waals surface area contributed by atoms with Crippen LogP contribution in [-0.4, -0.2) is 53.7 Å². The summed E-state index contributed by atoms with van der Waals surface area (Å²) < 4.78 is 5.62. The molecule has 7 heteroatoms. The number of carboxylic acid groups (broad SMARTS) is 1. The van der Waals surface area contributed by atoms with Gasteiger partial charge in [0.05, 0.1) is 6.42 Å². The highest BCUT2D eigenvalue weighted by molar-refractivity contribution is 5.87. The molecule has 0 radical (unpaired) electrons. The fourth-order valence-corrected chi connectivity index (χ4v) is 4.77. The van der Waals surface area contributed by atoms with Gasteiger partial charge < -0.3 is 20.1 Å². The van der Waals surface area contributed by atoms with Crippen molar-refractivity contribution in [1.29, 1.82) is 0 Å². The lowest BCUT2D eigenvalue weighted by Crippen LogP contribution is -2.59. The topological polar surface area (TPSA) is 95.9 Å². The van der Waals surface area contributed by atoms with Gasteiger partial charge in [0, 0.05) is 24.9 Å². The number of nitrogens with zero attached hydrogens (tertiary/aromatic N) is 1. The Balaban J connectivity index is 1.39. The Morgan fingerprint density at radius 3 is 2.18 bits per heavy atom. The fraction of sp³-hybridized carbons (Fsp3) is 0.423. The van der Waals surface area contributed by atoms with Gasteiger partial charge >= 0.3 is 12.1 Å². The zero-order chi connectivity index (χ0) is 23.5. The molecule has 1 saturated heterocycles. The minimum atomic E-state index is -0.859. The van der Waals surface area contributed by atoms with Crippen molar-refractivity contribution in [1.82, 2.24) is 10.2 Å². The van der Waals surface area contributed by atoms with Crippen molar-refractivity contribution in [2.24, 2.45) is 11.8 Å². The standard InChI is InChI=1S/C26H30N2O5/c1-3-16(2)24(25(31)28-13-17(14-28)12-23(29)30)27-26(32)33-15-22-20-10-6-4-8-18(20)19-9-5-7-11-21(19)22/h4-11,16-17,22,24H,3,12-15H2,1-2H3,(H,27,32)(H,29,30). The maximum atomic E-state index is 13.0. The molecule has 2 aromatic rings. The summed E-state index contributed by atoms with van der Waals surface area (Å²) in [6.07, 6.45) is 0.155. The number of carboxylic acids is 1. The molecule has 0 saturated carbocycles. The minimum Gasteiger partial charge on any atom is -0.481 e. The van der Waals surface area contributed by atoms with Crippen LogP contribution in [0.3, 0.4) is 0 Å². The highest BCUT2D eigenvalue weighted by Gasteiger charge is 2.38. The van der Waals surface area contributed by atoms with E-state index in [0.29, 0.717) is 19.5 Å². The second-order valence-electron chi connectivity index (χ2n) is 9.04. The molecule has 33 heavy (non-hydrogen) atoms. The zero-order valence-electron chi connectivity index (χ0n) is 19.0. The normalized spacial score (nSPS) is 16.8. The van der Waals surface area contributed by atoms with Gasteiger partial charge in [-0.15, -0.1) is 0 Å². The van der Waals surface area contributed by atoms with E-state index in [0.717, 1.165) is 22.3 Å². The first-order valence-corrected chi connectivity index (χ1v) is 11.5. The lowest BCUT2D eigenvalue weighted by atomic mass is 9.92. The number of alkyl carbamates (subject to hydrolysis) is 1. The number of carbonyl (C=O) groups excluding carboxylic acids is 2. The van der Waals surface area contributed by atoms with E-state index >= 15 is 0 Å². The number of carbonyl (C=O) groups is 3. The average molecular weight is 451 g/mol. The summed E-state index contributed by atoms with van der Waals surface area (Å²) in [5.74, 6) is -1.19. The Kier molecular flexibility index (Phi) is 6.67. The van der Waals surface area contributed by atoms with Crippen LogP contribution in [0.1, 0.15) is 43.7 Å². The molecular formula is C26H30N2O5. The summed E-state index contributed by atoms with van der Waals surface area (Å²) in [5, 5.41) is 11.7. The Morgan fingerprint density at radius 2 is 1.64 bits per heavy atom. The Labute approximate surface area is 193 Å². The van der Waals surface area contributed by atoms with E-state index < -0.39 is 18.1 Å². The average Bonchev–Trinajstić information content (AvgIpc) is 3.11. The van der Waals surface area contributed by atoms with Crippen LogP contribution in [-0.2, 0) is 14.3 Å². The first-order valence-electron chi connectivity index (χ1n) is 11.5. The van der Waals surface area contributed by atoms with Gasteiger partial charge in [-0.1, -0.05) is 68.8 Å². The second-order valence-corrected chi connectivity index (χ2v) is 9.04. The molecule has 174 valence electrons. The highest BCUT2D eigenvalue weighted by atomic mass is 16.5. The van der Waals surface area contributed by atoms with Crippen molar-refractivity contribution in [3.63, 3.8) is 0 Å². The number of aliphatic carboxylic acids is 1. The van der Waals surface area contributed by atoms with Crippen LogP contribution in [0, 0.1) is 11.8 Å². The molecule has 1 aliphatic heterocycles. The second kappa shape index (κ2) is 9.65. The summed E-state index contributed by atoms with van der Waals surface area (Å²) in [6.45, 7) is 4.88. The fourth-order valence-electron chi connectivity index (χ4n) is 4.77. The minimum absolute atomic E-state index is 0.0292. The van der Waals surface area contributed by atoms with E-state index in [1.54, 1.807) is 4.90 Å². The predicted octanol–water partition coefficient (Wildman–Crippen LogP) is 3.87. The van der Waals surface area contributed by atoms with Crippen LogP contribution in [0.2, 0.25) is 0 Å². The van der Waals surface area contributed by atoms with Crippen molar-refractivity contribution >= 4 is 18.0 Å². The lowest BCUT2D eigenvalue weighted by molar-refractivity contribution is -0.146. The monoisotopic (exact) mass is 450 g/mol. The molecule has 2 N–H and O–H groups in total. The number of rotatable bonds is 8. The zero-order valence-corrected chi connectivity index (χ0v) is 19.0.